The third-order valence-electron chi connectivity index (χ3n) is 1.09. The van der Waals surface area contributed by atoms with Crippen LogP contribution in [0.2, 0.25) is 0 Å². The summed E-state index contributed by atoms with van der Waals surface area (Å²) in [6.07, 6.45) is 0. The summed E-state index contributed by atoms with van der Waals surface area (Å²) in [5.74, 6) is 0. The molecule has 10 heavy (non-hydrogen) atoms. The van der Waals surface area contributed by atoms with Gasteiger partial charge >= 0.3 is 0 Å². The molecule has 1 aromatic rings. The molecule has 4 heteroatoms. The lowest BCUT2D eigenvalue weighted by molar-refractivity contribution is 0.493. The van der Waals surface area contributed by atoms with Gasteiger partial charge in [0.25, 0.3) is 0 Å². The zero-order chi connectivity index (χ0) is 7.61. The van der Waals surface area contributed by atoms with Crippen molar-refractivity contribution in [2.24, 2.45) is 0 Å². The molecule has 0 fully saturated rings. The van der Waals surface area contributed by atoms with E-state index in [4.69, 9.17) is 9.79 Å². The molecule has 0 radical (unpaired) electrons. The third kappa shape index (κ3) is 1.89. The smallest absolute Gasteiger partial charge is 0.214 e. The number of rotatable bonds is 1. The van der Waals surface area contributed by atoms with Crippen molar-refractivity contribution < 1.29 is 9.79 Å². The summed E-state index contributed by atoms with van der Waals surface area (Å²) in [5, 5.41) is 0.435. The first-order chi connectivity index (χ1) is 4.61. The number of benzene rings is 1. The fourth-order valence-electron chi connectivity index (χ4n) is 0.622. The summed E-state index contributed by atoms with van der Waals surface area (Å²) in [6, 6.07) is 8.47. The Hall–Kier alpha value is -0.210. The van der Waals surface area contributed by atoms with Crippen LogP contribution in [0.25, 0.3) is 0 Å². The van der Waals surface area contributed by atoms with E-state index in [1.807, 2.05) is 0 Å². The second-order valence-electron chi connectivity index (χ2n) is 1.88. The highest BCUT2D eigenvalue weighted by atomic mass is 32.5. The van der Waals surface area contributed by atoms with E-state index >= 15 is 0 Å². The number of hydrogen-bond acceptors (Lipinski definition) is 1. The minimum absolute atomic E-state index is 0.435. The van der Waals surface area contributed by atoms with Crippen LogP contribution in [0.5, 0.6) is 0 Å². The van der Waals surface area contributed by atoms with Crippen molar-refractivity contribution in [2.45, 2.75) is 0 Å². The molecule has 1 aromatic carbocycles. The Morgan fingerprint density at radius 2 is 1.60 bits per heavy atom. The summed E-state index contributed by atoms with van der Waals surface area (Å²) in [7, 11) is 0. The first-order valence-electron chi connectivity index (χ1n) is 2.72. The van der Waals surface area contributed by atoms with Gasteiger partial charge in [-0.05, 0) is 23.9 Å². The molecule has 0 amide bonds. The highest BCUT2D eigenvalue weighted by Gasteiger charge is 2.08. The van der Waals surface area contributed by atoms with E-state index < -0.39 is 6.49 Å². The molecule has 0 unspecified atom stereocenters. The highest BCUT2D eigenvalue weighted by Crippen LogP contribution is 2.32. The maximum atomic E-state index is 8.97. The first-order valence-corrected chi connectivity index (χ1v) is 5.42. The SMILES string of the molecule is OP(O)(=S)c1ccccc1. The predicted molar refractivity (Wildman–Crippen MR) is 44.8 cm³/mol. The minimum Gasteiger partial charge on any atom is -0.342 e. The lowest BCUT2D eigenvalue weighted by Crippen LogP contribution is -2.00. The van der Waals surface area contributed by atoms with E-state index in [0.717, 1.165) is 0 Å². The molecular formula is C6H7O2PS. The standard InChI is InChI=1S/C6H7O2PS/c7-9(8,10)6-4-2-1-3-5-6/h1-5H,(H2,7,8,10). The van der Waals surface area contributed by atoms with Crippen LogP contribution < -0.4 is 5.30 Å². The van der Waals surface area contributed by atoms with Gasteiger partial charge in [-0.1, -0.05) is 18.2 Å². The average Bonchev–Trinajstić information content (AvgIpc) is 1.88. The fraction of sp³-hybridized carbons (Fsp3) is 0. The summed E-state index contributed by atoms with van der Waals surface area (Å²) in [6.45, 7) is -3.18. The van der Waals surface area contributed by atoms with Crippen molar-refractivity contribution >= 4 is 23.6 Å². The average molecular weight is 174 g/mol. The maximum absolute atomic E-state index is 8.97. The molecule has 2 N–H and O–H groups in total. The molecule has 0 aliphatic rings. The molecule has 54 valence electrons. The number of hydrogen-bond donors (Lipinski definition) is 2. The van der Waals surface area contributed by atoms with Gasteiger partial charge in [0, 0.05) is 5.30 Å². The van der Waals surface area contributed by atoms with Crippen LogP contribution in [0.15, 0.2) is 30.3 Å². The maximum Gasteiger partial charge on any atom is 0.214 e. The Morgan fingerprint density at radius 1 is 1.10 bits per heavy atom. The van der Waals surface area contributed by atoms with Gasteiger partial charge in [-0.15, -0.1) is 0 Å². The van der Waals surface area contributed by atoms with E-state index in [2.05, 4.69) is 11.8 Å². The lowest BCUT2D eigenvalue weighted by atomic mass is 10.4. The summed E-state index contributed by atoms with van der Waals surface area (Å²) in [5.41, 5.74) is 0. The largest absolute Gasteiger partial charge is 0.342 e. The molecule has 1 rings (SSSR count). The zero-order valence-corrected chi connectivity index (χ0v) is 6.85. The van der Waals surface area contributed by atoms with Crippen LogP contribution in [-0.4, -0.2) is 9.79 Å². The zero-order valence-electron chi connectivity index (χ0n) is 5.14. The molecule has 0 bridgehead atoms. The van der Waals surface area contributed by atoms with Crippen LogP contribution in [0.3, 0.4) is 0 Å². The van der Waals surface area contributed by atoms with Crippen LogP contribution >= 0.6 is 6.49 Å². The normalized spacial score (nSPS) is 11.4. The third-order valence-corrected chi connectivity index (χ3v) is 2.70. The van der Waals surface area contributed by atoms with Crippen molar-refractivity contribution in [2.75, 3.05) is 0 Å². The molecule has 0 saturated carbocycles. The molecule has 0 saturated heterocycles. The van der Waals surface area contributed by atoms with Crippen molar-refractivity contribution in [3.8, 4) is 0 Å². The van der Waals surface area contributed by atoms with E-state index in [0.29, 0.717) is 5.30 Å². The van der Waals surface area contributed by atoms with Crippen LogP contribution in [0.1, 0.15) is 0 Å². The summed E-state index contributed by atoms with van der Waals surface area (Å²) >= 11 is 4.47. The molecule has 0 atom stereocenters. The molecule has 0 aliphatic heterocycles. The van der Waals surface area contributed by atoms with Gasteiger partial charge in [0.15, 0.2) is 0 Å². The topological polar surface area (TPSA) is 40.5 Å². The predicted octanol–water partition coefficient (Wildman–Crippen LogP) is 0.606. The Morgan fingerprint density at radius 3 is 1.90 bits per heavy atom. The van der Waals surface area contributed by atoms with Gasteiger partial charge in [-0.25, -0.2) is 0 Å². The quantitative estimate of drug-likeness (QED) is 0.613. The first kappa shape index (κ1) is 7.89. The Bertz CT molecular complexity index is 254. The Kier molecular flexibility index (Phi) is 2.21. The van der Waals surface area contributed by atoms with Gasteiger partial charge in [-0.3, -0.25) is 0 Å². The van der Waals surface area contributed by atoms with E-state index in [-0.39, 0.29) is 0 Å². The Labute approximate surface area is 64.3 Å². The van der Waals surface area contributed by atoms with Crippen molar-refractivity contribution in [1.29, 1.82) is 0 Å². The highest BCUT2D eigenvalue weighted by molar-refractivity contribution is 8.12. The van der Waals surface area contributed by atoms with Gasteiger partial charge < -0.3 is 9.79 Å². The summed E-state index contributed by atoms with van der Waals surface area (Å²) in [4.78, 5) is 17.9. The van der Waals surface area contributed by atoms with Gasteiger partial charge in [-0.2, -0.15) is 0 Å². The van der Waals surface area contributed by atoms with Crippen LogP contribution in [0, 0.1) is 0 Å². The van der Waals surface area contributed by atoms with E-state index in [9.17, 15) is 0 Å². The monoisotopic (exact) mass is 174 g/mol. The molecule has 0 spiro atoms. The van der Waals surface area contributed by atoms with Gasteiger partial charge in [0.05, 0.1) is 0 Å². The van der Waals surface area contributed by atoms with Crippen molar-refractivity contribution in [3.05, 3.63) is 30.3 Å². The lowest BCUT2D eigenvalue weighted by Gasteiger charge is -2.05. The molecule has 0 aliphatic carbocycles. The molecule has 2 nitrogen and oxygen atoms in total. The minimum atomic E-state index is -3.18. The molecule has 0 heterocycles. The van der Waals surface area contributed by atoms with Gasteiger partial charge in [0.1, 0.15) is 0 Å². The van der Waals surface area contributed by atoms with E-state index in [1.54, 1.807) is 30.3 Å². The van der Waals surface area contributed by atoms with Crippen LogP contribution in [0.4, 0.5) is 0 Å². The molecule has 0 aromatic heterocycles. The summed E-state index contributed by atoms with van der Waals surface area (Å²) < 4.78 is 0. The Balaban J connectivity index is 3.09. The van der Waals surface area contributed by atoms with Crippen molar-refractivity contribution in [3.63, 3.8) is 0 Å². The van der Waals surface area contributed by atoms with Gasteiger partial charge in [0.2, 0.25) is 6.49 Å². The van der Waals surface area contributed by atoms with Crippen molar-refractivity contribution in [1.82, 2.24) is 0 Å². The second-order valence-corrected chi connectivity index (χ2v) is 5.01. The van der Waals surface area contributed by atoms with E-state index in [1.165, 1.54) is 0 Å². The second kappa shape index (κ2) is 2.81. The molecular weight excluding hydrogens is 167 g/mol. The fourth-order valence-corrected chi connectivity index (χ4v) is 1.55. The van der Waals surface area contributed by atoms with Crippen LogP contribution in [-0.2, 0) is 11.8 Å².